The smallest absolute Gasteiger partial charge is 0.226 e. The van der Waals surface area contributed by atoms with Gasteiger partial charge in [-0.15, -0.1) is 10.2 Å². The molecule has 0 bridgehead atoms. The summed E-state index contributed by atoms with van der Waals surface area (Å²) >= 11 is 1.40. The van der Waals surface area contributed by atoms with Gasteiger partial charge in [-0.2, -0.15) is 5.10 Å². The summed E-state index contributed by atoms with van der Waals surface area (Å²) in [7, 11) is 3.21. The van der Waals surface area contributed by atoms with E-state index < -0.39 is 0 Å². The molecule has 0 unspecified atom stereocenters. The maximum atomic E-state index is 5.23. The van der Waals surface area contributed by atoms with Crippen molar-refractivity contribution in [3.8, 4) is 22.1 Å². The summed E-state index contributed by atoms with van der Waals surface area (Å²) in [6.45, 7) is 0. The Kier molecular flexibility index (Phi) is 4.97. The Morgan fingerprint density at radius 1 is 1.12 bits per heavy atom. The number of nitrogens with one attached hydrogen (secondary N) is 1. The molecule has 0 fully saturated rings. The van der Waals surface area contributed by atoms with Gasteiger partial charge in [-0.25, -0.2) is 0 Å². The Hall–Kier alpha value is -3.00. The van der Waals surface area contributed by atoms with Gasteiger partial charge in [0.1, 0.15) is 11.5 Å². The molecule has 3 rings (SSSR count). The van der Waals surface area contributed by atoms with E-state index in [1.54, 1.807) is 38.9 Å². The molecule has 0 atom stereocenters. The monoisotopic (exact) mass is 341 g/mol. The van der Waals surface area contributed by atoms with Crippen molar-refractivity contribution in [1.29, 1.82) is 0 Å². The van der Waals surface area contributed by atoms with Crippen LogP contribution in [0.2, 0.25) is 0 Å². The number of hydrazone groups is 1. The number of rotatable bonds is 6. The van der Waals surface area contributed by atoms with E-state index in [1.807, 2.05) is 24.3 Å². The summed E-state index contributed by atoms with van der Waals surface area (Å²) in [5.41, 5.74) is 4.63. The Balaban J connectivity index is 1.70. The largest absolute Gasteiger partial charge is 0.497 e. The number of hydrogen-bond donors (Lipinski definition) is 1. The maximum absolute atomic E-state index is 5.23. The third-order valence-electron chi connectivity index (χ3n) is 3.08. The Morgan fingerprint density at radius 3 is 2.58 bits per heavy atom. The second-order valence-corrected chi connectivity index (χ2v) is 5.65. The Labute approximate surface area is 143 Å². The molecule has 3 aromatic rings. The lowest BCUT2D eigenvalue weighted by Crippen LogP contribution is -1.93. The Bertz CT molecular complexity index is 813. The molecule has 8 heteroatoms. The van der Waals surface area contributed by atoms with Crippen molar-refractivity contribution in [3.05, 3.63) is 48.3 Å². The van der Waals surface area contributed by atoms with Crippen LogP contribution in [0.15, 0.2) is 47.8 Å². The standard InChI is InChI=1S/C16H15N5O2S/c1-22-13-6-11(7-14(8-13)23-2)9-18-20-16-21-19-15(24-16)12-4-3-5-17-10-12/h3-10H,1-2H3,(H,20,21)/b18-9+. The molecule has 1 N–H and O–H groups in total. The van der Waals surface area contributed by atoms with Gasteiger partial charge >= 0.3 is 0 Å². The second-order valence-electron chi connectivity index (χ2n) is 4.67. The second kappa shape index (κ2) is 7.51. The molecule has 122 valence electrons. The van der Waals surface area contributed by atoms with Gasteiger partial charge < -0.3 is 9.47 Å². The maximum Gasteiger partial charge on any atom is 0.226 e. The highest BCUT2D eigenvalue weighted by Gasteiger charge is 2.05. The van der Waals surface area contributed by atoms with Crippen LogP contribution in [0.1, 0.15) is 5.56 Å². The van der Waals surface area contributed by atoms with Gasteiger partial charge in [0.05, 0.1) is 20.4 Å². The number of methoxy groups -OCH3 is 2. The van der Waals surface area contributed by atoms with E-state index in [2.05, 4.69) is 25.7 Å². The van der Waals surface area contributed by atoms with Gasteiger partial charge in [-0.05, 0) is 24.3 Å². The normalized spacial score (nSPS) is 10.8. The average molecular weight is 341 g/mol. The highest BCUT2D eigenvalue weighted by atomic mass is 32.1. The number of pyridine rings is 1. The van der Waals surface area contributed by atoms with Gasteiger partial charge in [-0.3, -0.25) is 10.4 Å². The molecule has 2 heterocycles. The molecule has 0 aliphatic heterocycles. The van der Waals surface area contributed by atoms with Crippen molar-refractivity contribution < 1.29 is 9.47 Å². The zero-order chi connectivity index (χ0) is 16.8. The van der Waals surface area contributed by atoms with Crippen LogP contribution in [0.3, 0.4) is 0 Å². The van der Waals surface area contributed by atoms with Gasteiger partial charge in [0, 0.05) is 29.6 Å². The first kappa shape index (κ1) is 15.9. The fourth-order valence-electron chi connectivity index (χ4n) is 1.94. The predicted octanol–water partition coefficient (Wildman–Crippen LogP) is 3.06. The first-order chi connectivity index (χ1) is 11.8. The van der Waals surface area contributed by atoms with Crippen LogP contribution in [-0.4, -0.2) is 35.6 Å². The summed E-state index contributed by atoms with van der Waals surface area (Å²) in [6, 6.07) is 9.31. The van der Waals surface area contributed by atoms with Crippen LogP contribution >= 0.6 is 11.3 Å². The molecule has 7 nitrogen and oxygen atoms in total. The van der Waals surface area contributed by atoms with Crippen LogP contribution in [0, 0.1) is 0 Å². The van der Waals surface area contributed by atoms with Crippen LogP contribution < -0.4 is 14.9 Å². The minimum Gasteiger partial charge on any atom is -0.497 e. The van der Waals surface area contributed by atoms with Crippen LogP contribution in [-0.2, 0) is 0 Å². The minimum atomic E-state index is 0.597. The van der Waals surface area contributed by atoms with Gasteiger partial charge in [-0.1, -0.05) is 11.3 Å². The SMILES string of the molecule is COc1cc(/C=N/Nc2nnc(-c3cccnc3)s2)cc(OC)c1. The molecule has 2 aromatic heterocycles. The molecule has 24 heavy (non-hydrogen) atoms. The molecule has 0 spiro atoms. The first-order valence-electron chi connectivity index (χ1n) is 7.04. The lowest BCUT2D eigenvalue weighted by Gasteiger charge is -2.05. The van der Waals surface area contributed by atoms with Crippen molar-refractivity contribution in [1.82, 2.24) is 15.2 Å². The average Bonchev–Trinajstić information content (AvgIpc) is 3.11. The van der Waals surface area contributed by atoms with Crippen LogP contribution in [0.4, 0.5) is 5.13 Å². The number of nitrogens with zero attached hydrogens (tertiary/aromatic N) is 4. The van der Waals surface area contributed by atoms with E-state index in [1.165, 1.54) is 11.3 Å². The van der Waals surface area contributed by atoms with E-state index in [0.717, 1.165) is 16.1 Å². The summed E-state index contributed by atoms with van der Waals surface area (Å²) in [5.74, 6) is 1.40. The quantitative estimate of drug-likeness (QED) is 0.548. The van der Waals surface area contributed by atoms with Gasteiger partial charge in [0.25, 0.3) is 0 Å². The fraction of sp³-hybridized carbons (Fsp3) is 0.125. The molecule has 0 saturated heterocycles. The number of ether oxygens (including phenoxy) is 2. The number of hydrogen-bond acceptors (Lipinski definition) is 8. The van der Waals surface area contributed by atoms with Crippen molar-refractivity contribution >= 4 is 22.7 Å². The van der Waals surface area contributed by atoms with E-state index >= 15 is 0 Å². The van der Waals surface area contributed by atoms with Crippen molar-refractivity contribution in [2.45, 2.75) is 0 Å². The summed E-state index contributed by atoms with van der Waals surface area (Å²) in [4.78, 5) is 4.07. The first-order valence-corrected chi connectivity index (χ1v) is 7.86. The highest BCUT2D eigenvalue weighted by molar-refractivity contribution is 7.18. The molecule has 1 aromatic carbocycles. The third kappa shape index (κ3) is 3.85. The minimum absolute atomic E-state index is 0.597. The van der Waals surface area contributed by atoms with E-state index in [4.69, 9.17) is 9.47 Å². The molecular weight excluding hydrogens is 326 g/mol. The molecule has 0 aliphatic rings. The predicted molar refractivity (Wildman–Crippen MR) is 93.9 cm³/mol. The van der Waals surface area contributed by atoms with E-state index in [-0.39, 0.29) is 0 Å². The molecule has 0 saturated carbocycles. The molecule has 0 aliphatic carbocycles. The lowest BCUT2D eigenvalue weighted by molar-refractivity contribution is 0.394. The van der Waals surface area contributed by atoms with Crippen molar-refractivity contribution in [2.24, 2.45) is 5.10 Å². The zero-order valence-electron chi connectivity index (χ0n) is 13.1. The molecule has 0 radical (unpaired) electrons. The fourth-order valence-corrected chi connectivity index (χ4v) is 2.62. The van der Waals surface area contributed by atoms with Crippen LogP contribution in [0.25, 0.3) is 10.6 Å². The van der Waals surface area contributed by atoms with Crippen molar-refractivity contribution in [3.63, 3.8) is 0 Å². The summed E-state index contributed by atoms with van der Waals surface area (Å²) in [5, 5.41) is 13.7. The lowest BCUT2D eigenvalue weighted by atomic mass is 10.2. The molecular formula is C16H15N5O2S. The third-order valence-corrected chi connectivity index (χ3v) is 3.96. The van der Waals surface area contributed by atoms with Crippen LogP contribution in [0.5, 0.6) is 11.5 Å². The number of anilines is 1. The molecule has 0 amide bonds. The summed E-state index contributed by atoms with van der Waals surface area (Å²) < 4.78 is 10.5. The number of benzene rings is 1. The topological polar surface area (TPSA) is 81.5 Å². The highest BCUT2D eigenvalue weighted by Crippen LogP contribution is 2.25. The van der Waals surface area contributed by atoms with Gasteiger partial charge in [0.2, 0.25) is 5.13 Å². The van der Waals surface area contributed by atoms with E-state index in [9.17, 15) is 0 Å². The zero-order valence-corrected chi connectivity index (χ0v) is 13.9. The summed E-state index contributed by atoms with van der Waals surface area (Å²) in [6.07, 6.45) is 5.13. The Morgan fingerprint density at radius 2 is 1.92 bits per heavy atom. The van der Waals surface area contributed by atoms with E-state index in [0.29, 0.717) is 16.6 Å². The van der Waals surface area contributed by atoms with Gasteiger partial charge in [0.15, 0.2) is 5.01 Å². The van der Waals surface area contributed by atoms with Crippen molar-refractivity contribution in [2.75, 3.05) is 19.6 Å². The number of aromatic nitrogens is 3.